The summed E-state index contributed by atoms with van der Waals surface area (Å²) in [6.07, 6.45) is 3.47. The van der Waals surface area contributed by atoms with Crippen LogP contribution in [0.25, 0.3) is 0 Å². The first-order valence-electron chi connectivity index (χ1n) is 6.13. The molecule has 0 bridgehead atoms. The zero-order valence-electron chi connectivity index (χ0n) is 11.0. The van der Waals surface area contributed by atoms with Crippen molar-refractivity contribution in [3.05, 3.63) is 18.2 Å². The zero-order valence-corrected chi connectivity index (χ0v) is 11.8. The van der Waals surface area contributed by atoms with Crippen molar-refractivity contribution in [1.82, 2.24) is 9.55 Å². The van der Waals surface area contributed by atoms with Crippen LogP contribution in [0.1, 0.15) is 19.0 Å². The second kappa shape index (κ2) is 4.03. The summed E-state index contributed by atoms with van der Waals surface area (Å²) >= 11 is 0. The van der Waals surface area contributed by atoms with Crippen molar-refractivity contribution in [2.24, 2.45) is 7.05 Å². The molecule has 8 nitrogen and oxygen atoms in total. The number of fused-ring (bicyclic) bond motifs is 1. The molecule has 2 aliphatic heterocycles. The molecule has 0 radical (unpaired) electrons. The lowest BCUT2D eigenvalue weighted by atomic mass is 9.80. The number of nitrogens with zero attached hydrogens (tertiary/aromatic N) is 2. The van der Waals surface area contributed by atoms with Crippen LogP contribution in [0.5, 0.6) is 0 Å². The second-order valence-corrected chi connectivity index (χ2v) is 6.15. The Kier molecular flexibility index (Phi) is 2.72. The number of cyclic esters (lactones) is 1. The average Bonchev–Trinajstić information content (AvgIpc) is 2.94. The summed E-state index contributed by atoms with van der Waals surface area (Å²) in [5.74, 6) is -0.705. The van der Waals surface area contributed by atoms with E-state index in [-0.39, 0.29) is 19.4 Å². The number of aryl methyl sites for hydroxylation is 1. The summed E-state index contributed by atoms with van der Waals surface area (Å²) in [4.78, 5) is 16.0. The molecule has 2 fully saturated rings. The Labute approximate surface area is 116 Å². The fraction of sp³-hybridized carbons (Fsp3) is 0.636. The Balaban J connectivity index is 2.09. The first-order valence-corrected chi connectivity index (χ1v) is 7.46. The standard InChI is InChI=1S/C11H14N2O6S/c1-3-11-9(14)17-6-10(11,18-20(15,16)19-11)4-8-5-12-7-13(8)2/h5,7H,3-4,6H2,1-2H3/t10-,11-/m1/s1. The van der Waals surface area contributed by atoms with Crippen LogP contribution in [-0.2, 0) is 41.8 Å². The lowest BCUT2D eigenvalue weighted by Crippen LogP contribution is -2.54. The van der Waals surface area contributed by atoms with E-state index in [0.717, 1.165) is 5.69 Å². The highest BCUT2D eigenvalue weighted by atomic mass is 32.3. The molecule has 1 aromatic heterocycles. The SMILES string of the molecule is CC[C@]12OS(=O)(=O)O[C@]1(Cc1cncn1C)COC2=O. The third-order valence-corrected chi connectivity index (χ3v) is 4.90. The third-order valence-electron chi connectivity index (χ3n) is 3.89. The molecular weight excluding hydrogens is 288 g/mol. The molecule has 0 spiro atoms. The summed E-state index contributed by atoms with van der Waals surface area (Å²) in [6.45, 7) is 1.50. The van der Waals surface area contributed by atoms with E-state index < -0.39 is 27.6 Å². The minimum atomic E-state index is -4.21. The number of rotatable bonds is 3. The van der Waals surface area contributed by atoms with Gasteiger partial charge in [0.15, 0.2) is 5.60 Å². The van der Waals surface area contributed by atoms with Crippen LogP contribution in [0, 0.1) is 0 Å². The van der Waals surface area contributed by atoms with E-state index in [0.29, 0.717) is 0 Å². The first-order chi connectivity index (χ1) is 9.34. The Morgan fingerprint density at radius 3 is 2.80 bits per heavy atom. The van der Waals surface area contributed by atoms with Crippen molar-refractivity contribution in [2.75, 3.05) is 6.61 Å². The molecule has 0 unspecified atom stereocenters. The van der Waals surface area contributed by atoms with Gasteiger partial charge >= 0.3 is 16.4 Å². The topological polar surface area (TPSA) is 96.7 Å². The van der Waals surface area contributed by atoms with Crippen LogP contribution in [0.2, 0.25) is 0 Å². The molecule has 3 rings (SSSR count). The molecule has 9 heteroatoms. The van der Waals surface area contributed by atoms with E-state index in [2.05, 4.69) is 4.98 Å². The van der Waals surface area contributed by atoms with Gasteiger partial charge in [0.25, 0.3) is 0 Å². The van der Waals surface area contributed by atoms with Crippen LogP contribution in [0.4, 0.5) is 0 Å². The monoisotopic (exact) mass is 302 g/mol. The fourth-order valence-electron chi connectivity index (χ4n) is 2.79. The van der Waals surface area contributed by atoms with E-state index in [9.17, 15) is 13.2 Å². The van der Waals surface area contributed by atoms with E-state index in [4.69, 9.17) is 13.1 Å². The molecule has 2 atom stereocenters. The lowest BCUT2D eigenvalue weighted by Gasteiger charge is -2.29. The van der Waals surface area contributed by atoms with Gasteiger partial charge in [-0.25, -0.2) is 18.1 Å². The Morgan fingerprint density at radius 2 is 2.20 bits per heavy atom. The molecule has 0 saturated carbocycles. The molecule has 2 saturated heterocycles. The number of hydrogen-bond donors (Lipinski definition) is 0. The quantitative estimate of drug-likeness (QED) is 0.707. The summed E-state index contributed by atoms with van der Waals surface area (Å²) in [7, 11) is -2.44. The van der Waals surface area contributed by atoms with Crippen LogP contribution in [-0.4, -0.2) is 41.7 Å². The van der Waals surface area contributed by atoms with Gasteiger partial charge in [-0.15, -0.1) is 0 Å². The van der Waals surface area contributed by atoms with Crippen LogP contribution >= 0.6 is 0 Å². The highest BCUT2D eigenvalue weighted by Gasteiger charge is 2.73. The molecule has 0 N–H and O–H groups in total. The Hall–Kier alpha value is -1.45. The van der Waals surface area contributed by atoms with Gasteiger partial charge in [0.1, 0.15) is 6.61 Å². The summed E-state index contributed by atoms with van der Waals surface area (Å²) < 4.78 is 40.2. The molecule has 0 amide bonds. The van der Waals surface area contributed by atoms with Gasteiger partial charge in [-0.05, 0) is 6.42 Å². The Bertz CT molecular complexity index is 668. The smallest absolute Gasteiger partial charge is 0.401 e. The molecule has 1 aromatic rings. The highest BCUT2D eigenvalue weighted by molar-refractivity contribution is 7.82. The molecular formula is C11H14N2O6S. The molecule has 2 aliphatic rings. The fourth-order valence-corrected chi connectivity index (χ4v) is 4.14. The van der Waals surface area contributed by atoms with E-state index >= 15 is 0 Å². The van der Waals surface area contributed by atoms with Gasteiger partial charge in [-0.3, -0.25) is 0 Å². The van der Waals surface area contributed by atoms with Crippen molar-refractivity contribution in [3.8, 4) is 0 Å². The normalized spacial score (nSPS) is 35.0. The molecule has 110 valence electrons. The van der Waals surface area contributed by atoms with Crippen LogP contribution in [0.3, 0.4) is 0 Å². The van der Waals surface area contributed by atoms with Gasteiger partial charge in [0.05, 0.1) is 6.33 Å². The number of hydrogen-bond acceptors (Lipinski definition) is 7. The maximum atomic E-state index is 12.0. The van der Waals surface area contributed by atoms with E-state index in [1.807, 2.05) is 0 Å². The zero-order chi connectivity index (χ0) is 14.6. The van der Waals surface area contributed by atoms with Crippen molar-refractivity contribution in [2.45, 2.75) is 31.0 Å². The summed E-state index contributed by atoms with van der Waals surface area (Å²) in [5, 5.41) is 0. The van der Waals surface area contributed by atoms with Crippen molar-refractivity contribution in [1.29, 1.82) is 0 Å². The predicted octanol–water partition coefficient (Wildman–Crippen LogP) is -0.301. The minimum absolute atomic E-state index is 0.142. The molecule has 20 heavy (non-hydrogen) atoms. The second-order valence-electron chi connectivity index (χ2n) is 5.00. The molecule has 0 aliphatic carbocycles. The van der Waals surface area contributed by atoms with Crippen LogP contribution < -0.4 is 0 Å². The van der Waals surface area contributed by atoms with Crippen molar-refractivity contribution >= 4 is 16.4 Å². The number of ether oxygens (including phenoxy) is 1. The van der Waals surface area contributed by atoms with Gasteiger partial charge in [0, 0.05) is 25.4 Å². The van der Waals surface area contributed by atoms with Gasteiger partial charge < -0.3 is 9.30 Å². The largest absolute Gasteiger partial charge is 0.460 e. The number of carbonyl (C=O) groups excluding carboxylic acids is 1. The maximum Gasteiger partial charge on any atom is 0.401 e. The van der Waals surface area contributed by atoms with Crippen molar-refractivity contribution in [3.63, 3.8) is 0 Å². The maximum absolute atomic E-state index is 12.0. The number of aromatic nitrogens is 2. The highest BCUT2D eigenvalue weighted by Crippen LogP contribution is 2.49. The van der Waals surface area contributed by atoms with Gasteiger partial charge in [-0.2, -0.15) is 8.42 Å². The number of imidazole rings is 1. The van der Waals surface area contributed by atoms with E-state index in [1.165, 1.54) is 0 Å². The van der Waals surface area contributed by atoms with Crippen LogP contribution in [0.15, 0.2) is 12.5 Å². The van der Waals surface area contributed by atoms with Crippen molar-refractivity contribution < 1.29 is 26.3 Å². The van der Waals surface area contributed by atoms with E-state index in [1.54, 1.807) is 31.1 Å². The predicted molar refractivity (Wildman–Crippen MR) is 64.7 cm³/mol. The average molecular weight is 302 g/mol. The number of esters is 1. The number of carbonyl (C=O) groups is 1. The molecule has 0 aromatic carbocycles. The molecule has 3 heterocycles. The third kappa shape index (κ3) is 1.63. The summed E-state index contributed by atoms with van der Waals surface area (Å²) in [5.41, 5.74) is -2.26. The van der Waals surface area contributed by atoms with Gasteiger partial charge in [-0.1, -0.05) is 6.92 Å². The summed E-state index contributed by atoms with van der Waals surface area (Å²) in [6, 6.07) is 0. The van der Waals surface area contributed by atoms with Gasteiger partial charge in [0.2, 0.25) is 5.60 Å². The minimum Gasteiger partial charge on any atom is -0.460 e. The Morgan fingerprint density at radius 1 is 1.45 bits per heavy atom. The lowest BCUT2D eigenvalue weighted by molar-refractivity contribution is -0.151. The first kappa shape index (κ1) is 13.5.